The van der Waals surface area contributed by atoms with E-state index < -0.39 is 0 Å². The lowest BCUT2D eigenvalue weighted by Crippen LogP contribution is -2.25. The molecule has 0 aliphatic heterocycles. The number of nitrogens with zero attached hydrogens (tertiary/aromatic N) is 1. The first-order valence-electron chi connectivity index (χ1n) is 7.33. The van der Waals surface area contributed by atoms with Gasteiger partial charge in [0.25, 0.3) is 5.91 Å². The average Bonchev–Trinajstić information content (AvgIpc) is 3.20. The molecule has 1 saturated carbocycles. The highest BCUT2D eigenvalue weighted by Gasteiger charge is 2.23. The van der Waals surface area contributed by atoms with Crippen molar-refractivity contribution in [2.75, 3.05) is 5.32 Å². The van der Waals surface area contributed by atoms with Gasteiger partial charge < -0.3 is 10.6 Å². The quantitative estimate of drug-likeness (QED) is 0.861. The Morgan fingerprint density at radius 2 is 2.10 bits per heavy atom. The van der Waals surface area contributed by atoms with Crippen molar-refractivity contribution in [3.63, 3.8) is 0 Å². The first kappa shape index (κ1) is 14.1. The Kier molecular flexibility index (Phi) is 4.20. The van der Waals surface area contributed by atoms with Crippen LogP contribution in [-0.2, 0) is 13.0 Å². The van der Waals surface area contributed by atoms with E-state index in [1.54, 1.807) is 11.3 Å². The smallest absolute Gasteiger partial charge is 0.251 e. The average molecular weight is 301 g/mol. The molecule has 4 nitrogen and oxygen atoms in total. The molecule has 1 heterocycles. The van der Waals surface area contributed by atoms with E-state index in [9.17, 15) is 4.79 Å². The summed E-state index contributed by atoms with van der Waals surface area (Å²) in [5.74, 6) is 0.0269. The predicted molar refractivity (Wildman–Crippen MR) is 85.7 cm³/mol. The van der Waals surface area contributed by atoms with Crippen molar-refractivity contribution in [1.82, 2.24) is 10.3 Å². The van der Waals surface area contributed by atoms with Gasteiger partial charge in [-0.2, -0.15) is 0 Å². The molecule has 1 aliphatic carbocycles. The monoisotopic (exact) mass is 301 g/mol. The largest absolute Gasteiger partial charge is 0.380 e. The van der Waals surface area contributed by atoms with Crippen LogP contribution in [0.1, 0.15) is 40.0 Å². The molecule has 0 spiro atoms. The van der Waals surface area contributed by atoms with Crippen LogP contribution in [0.4, 0.5) is 5.69 Å². The number of hydrogen-bond donors (Lipinski definition) is 2. The van der Waals surface area contributed by atoms with E-state index in [2.05, 4.69) is 22.5 Å². The number of aryl methyl sites for hydroxylation is 1. The number of anilines is 1. The summed E-state index contributed by atoms with van der Waals surface area (Å²) in [6, 6.07) is 8.02. The third-order valence-corrected chi connectivity index (χ3v) is 4.57. The van der Waals surface area contributed by atoms with Crippen molar-refractivity contribution >= 4 is 22.9 Å². The lowest BCUT2D eigenvalue weighted by molar-refractivity contribution is 0.0951. The van der Waals surface area contributed by atoms with Crippen LogP contribution in [0, 0.1) is 0 Å². The third kappa shape index (κ3) is 3.82. The summed E-state index contributed by atoms with van der Waals surface area (Å²) in [4.78, 5) is 17.5. The number of carbonyl (C=O) groups excluding carboxylic acids is 1. The predicted octanol–water partition coefficient (Wildman–Crippen LogP) is 3.21. The lowest BCUT2D eigenvalue weighted by Gasteiger charge is -2.06. The molecule has 2 N–H and O–H groups in total. The fourth-order valence-electron chi connectivity index (χ4n) is 2.02. The van der Waals surface area contributed by atoms with Crippen LogP contribution in [0.25, 0.3) is 0 Å². The van der Waals surface area contributed by atoms with Gasteiger partial charge in [0.2, 0.25) is 0 Å². The maximum atomic E-state index is 11.9. The Hall–Kier alpha value is -1.88. The van der Waals surface area contributed by atoms with E-state index in [0.717, 1.165) is 37.1 Å². The van der Waals surface area contributed by atoms with Crippen molar-refractivity contribution < 1.29 is 4.79 Å². The number of rotatable bonds is 6. The second kappa shape index (κ2) is 6.26. The molecule has 0 atom stereocenters. The molecule has 0 unspecified atom stereocenters. The van der Waals surface area contributed by atoms with Gasteiger partial charge in [0.1, 0.15) is 0 Å². The summed E-state index contributed by atoms with van der Waals surface area (Å²) in [5, 5.41) is 7.51. The Balaban J connectivity index is 1.54. The van der Waals surface area contributed by atoms with E-state index in [1.807, 2.05) is 30.5 Å². The Labute approximate surface area is 128 Å². The molecular formula is C16H19N3OS. The summed E-state index contributed by atoms with van der Waals surface area (Å²) in [6.45, 7) is 2.88. The van der Waals surface area contributed by atoms with Gasteiger partial charge >= 0.3 is 0 Å². The molecule has 1 fully saturated rings. The number of hydrogen-bond acceptors (Lipinski definition) is 4. The van der Waals surface area contributed by atoms with Gasteiger partial charge in [0.05, 0.1) is 11.6 Å². The normalized spacial score (nSPS) is 14.0. The van der Waals surface area contributed by atoms with Gasteiger partial charge in [0, 0.05) is 28.4 Å². The fourth-order valence-corrected chi connectivity index (χ4v) is 2.82. The molecule has 0 radical (unpaired) electrons. The maximum Gasteiger partial charge on any atom is 0.251 e. The highest BCUT2D eigenvalue weighted by atomic mass is 32.1. The van der Waals surface area contributed by atoms with Crippen LogP contribution in [0.5, 0.6) is 0 Å². The second-order valence-electron chi connectivity index (χ2n) is 5.25. The van der Waals surface area contributed by atoms with Gasteiger partial charge in [-0.05, 0) is 43.5 Å². The van der Waals surface area contributed by atoms with Crippen LogP contribution in [0.15, 0.2) is 30.5 Å². The molecule has 0 bridgehead atoms. The van der Waals surface area contributed by atoms with Gasteiger partial charge in [-0.15, -0.1) is 11.3 Å². The molecule has 1 aromatic heterocycles. The van der Waals surface area contributed by atoms with Crippen molar-refractivity contribution in [2.45, 2.75) is 38.8 Å². The molecule has 3 rings (SSSR count). The Morgan fingerprint density at radius 3 is 2.71 bits per heavy atom. The topological polar surface area (TPSA) is 54.0 Å². The number of aromatic nitrogens is 1. The summed E-state index contributed by atoms with van der Waals surface area (Å²) in [7, 11) is 0. The van der Waals surface area contributed by atoms with Crippen LogP contribution in [0.2, 0.25) is 0 Å². The summed E-state index contributed by atoms with van der Waals surface area (Å²) < 4.78 is 0. The van der Waals surface area contributed by atoms with Gasteiger partial charge in [-0.25, -0.2) is 4.98 Å². The Bertz CT molecular complexity index is 617. The van der Waals surface area contributed by atoms with Crippen LogP contribution >= 0.6 is 11.3 Å². The zero-order chi connectivity index (χ0) is 14.7. The number of thiazole rings is 1. The van der Waals surface area contributed by atoms with Crippen LogP contribution < -0.4 is 10.6 Å². The number of nitrogens with one attached hydrogen (secondary N) is 2. The first-order chi connectivity index (χ1) is 10.2. The molecule has 5 heteroatoms. The van der Waals surface area contributed by atoms with Gasteiger partial charge in [-0.1, -0.05) is 6.92 Å². The Morgan fingerprint density at radius 1 is 1.33 bits per heavy atom. The number of amides is 1. The third-order valence-electron chi connectivity index (χ3n) is 3.43. The minimum Gasteiger partial charge on any atom is -0.380 e. The molecule has 1 aromatic carbocycles. The number of carbonyl (C=O) groups is 1. The molecule has 0 saturated heterocycles. The summed E-state index contributed by atoms with van der Waals surface area (Å²) >= 11 is 1.74. The lowest BCUT2D eigenvalue weighted by atomic mass is 10.2. The second-order valence-corrected chi connectivity index (χ2v) is 6.45. The minimum absolute atomic E-state index is 0.0269. The fraction of sp³-hybridized carbons (Fsp3) is 0.375. The van der Waals surface area contributed by atoms with Gasteiger partial charge in [0.15, 0.2) is 0 Å². The summed E-state index contributed by atoms with van der Waals surface area (Å²) in [5.41, 5.74) is 1.74. The highest BCUT2D eigenvalue weighted by Crippen LogP contribution is 2.20. The molecule has 2 aromatic rings. The molecule has 110 valence electrons. The van der Waals surface area contributed by atoms with E-state index in [1.165, 1.54) is 9.88 Å². The highest BCUT2D eigenvalue weighted by molar-refractivity contribution is 7.11. The molecular weight excluding hydrogens is 282 g/mol. The summed E-state index contributed by atoms with van der Waals surface area (Å²) in [6.07, 6.45) is 5.13. The van der Waals surface area contributed by atoms with Crippen LogP contribution in [0.3, 0.4) is 0 Å². The van der Waals surface area contributed by atoms with Crippen molar-refractivity contribution in [3.05, 3.63) is 45.9 Å². The van der Waals surface area contributed by atoms with Gasteiger partial charge in [-0.3, -0.25) is 4.79 Å². The number of benzene rings is 1. The van der Waals surface area contributed by atoms with E-state index in [-0.39, 0.29) is 5.91 Å². The van der Waals surface area contributed by atoms with E-state index in [0.29, 0.717) is 6.04 Å². The molecule has 1 aliphatic rings. The SMILES string of the molecule is CCc1ncc(CNc2ccc(C(=O)NC3CC3)cc2)s1. The van der Waals surface area contributed by atoms with E-state index in [4.69, 9.17) is 0 Å². The van der Waals surface area contributed by atoms with Crippen LogP contribution in [-0.4, -0.2) is 16.9 Å². The molecule has 21 heavy (non-hydrogen) atoms. The van der Waals surface area contributed by atoms with E-state index >= 15 is 0 Å². The minimum atomic E-state index is 0.0269. The van der Waals surface area contributed by atoms with Crippen molar-refractivity contribution in [2.24, 2.45) is 0 Å². The zero-order valence-corrected chi connectivity index (χ0v) is 12.9. The standard InChI is InChI=1S/C16H19N3OS/c1-2-15-18-10-14(21-15)9-17-12-5-3-11(4-6-12)16(20)19-13-7-8-13/h3-6,10,13,17H,2,7-9H2,1H3,(H,19,20). The zero-order valence-electron chi connectivity index (χ0n) is 12.1. The molecule has 1 amide bonds. The van der Waals surface area contributed by atoms with Crippen molar-refractivity contribution in [3.8, 4) is 0 Å². The van der Waals surface area contributed by atoms with Crippen molar-refractivity contribution in [1.29, 1.82) is 0 Å². The first-order valence-corrected chi connectivity index (χ1v) is 8.14. The maximum absolute atomic E-state index is 11.9.